The lowest BCUT2D eigenvalue weighted by molar-refractivity contribution is 0.470. The molecular weight excluding hydrogens is 258 g/mol. The Bertz CT molecular complexity index is 429. The highest BCUT2D eigenvalue weighted by Crippen LogP contribution is 2.10. The molecule has 1 N–H and O–H groups in total. The Morgan fingerprint density at radius 2 is 2.32 bits per heavy atom. The zero-order valence-corrected chi connectivity index (χ0v) is 12.5. The van der Waals surface area contributed by atoms with Crippen molar-refractivity contribution in [1.29, 1.82) is 0 Å². The highest BCUT2D eigenvalue weighted by atomic mass is 35.5. The van der Waals surface area contributed by atoms with Gasteiger partial charge in [0.15, 0.2) is 5.96 Å². The molecule has 1 aromatic carbocycles. The Balaban J connectivity index is 2.46. The molecule has 0 aromatic heterocycles. The molecule has 19 heavy (non-hydrogen) atoms. The van der Waals surface area contributed by atoms with Crippen molar-refractivity contribution in [2.45, 2.75) is 19.4 Å². The molecule has 0 radical (unpaired) electrons. The van der Waals surface area contributed by atoms with Crippen LogP contribution in [0.2, 0.25) is 5.02 Å². The molecule has 0 saturated heterocycles. The molecule has 3 nitrogen and oxygen atoms in total. The first-order chi connectivity index (χ1) is 9.17. The molecule has 0 aliphatic rings. The van der Waals surface area contributed by atoms with Crippen LogP contribution in [-0.4, -0.2) is 31.5 Å². The lowest BCUT2D eigenvalue weighted by atomic mass is 10.2. The summed E-state index contributed by atoms with van der Waals surface area (Å²) in [5.74, 6) is 0.893. The van der Waals surface area contributed by atoms with Gasteiger partial charge in [0, 0.05) is 32.2 Å². The second kappa shape index (κ2) is 8.59. The summed E-state index contributed by atoms with van der Waals surface area (Å²) in [6.07, 6.45) is 4.05. The van der Waals surface area contributed by atoms with Gasteiger partial charge in [0.1, 0.15) is 0 Å². The van der Waals surface area contributed by atoms with E-state index < -0.39 is 0 Å². The van der Waals surface area contributed by atoms with Crippen LogP contribution in [0.3, 0.4) is 0 Å². The number of nitrogens with one attached hydrogen (secondary N) is 1. The standard InChI is InChI=1S/C15H22ClN3/c1-4-5-6-10-19(3)15(17-2)18-12-13-8-7-9-14(16)11-13/h4,7-9,11H,1,5-6,10,12H2,2-3H3,(H,17,18). The number of benzene rings is 1. The number of rotatable bonds is 6. The van der Waals surface area contributed by atoms with E-state index in [0.29, 0.717) is 0 Å². The van der Waals surface area contributed by atoms with Crippen LogP contribution in [0.5, 0.6) is 0 Å². The second-order valence-electron chi connectivity index (χ2n) is 4.38. The molecule has 0 atom stereocenters. The monoisotopic (exact) mass is 279 g/mol. The summed E-state index contributed by atoms with van der Waals surface area (Å²) in [6, 6.07) is 7.83. The Kier molecular flexibility index (Phi) is 7.04. The Labute approximate surface area is 121 Å². The van der Waals surface area contributed by atoms with Crippen LogP contribution in [0, 0.1) is 0 Å². The fourth-order valence-corrected chi connectivity index (χ4v) is 2.00. The number of halogens is 1. The van der Waals surface area contributed by atoms with Gasteiger partial charge in [-0.05, 0) is 30.5 Å². The molecule has 104 valence electrons. The fourth-order valence-electron chi connectivity index (χ4n) is 1.79. The highest BCUT2D eigenvalue weighted by molar-refractivity contribution is 6.30. The average molecular weight is 280 g/mol. The molecule has 0 aliphatic carbocycles. The quantitative estimate of drug-likeness (QED) is 0.374. The first-order valence-corrected chi connectivity index (χ1v) is 6.82. The van der Waals surface area contributed by atoms with Crippen LogP contribution in [0.25, 0.3) is 0 Å². The van der Waals surface area contributed by atoms with E-state index in [1.807, 2.05) is 37.4 Å². The van der Waals surface area contributed by atoms with Crippen molar-refractivity contribution in [3.63, 3.8) is 0 Å². The largest absolute Gasteiger partial charge is 0.352 e. The lowest BCUT2D eigenvalue weighted by Gasteiger charge is -2.21. The second-order valence-corrected chi connectivity index (χ2v) is 4.82. The van der Waals surface area contributed by atoms with Crippen molar-refractivity contribution >= 4 is 17.6 Å². The van der Waals surface area contributed by atoms with Crippen LogP contribution in [0.15, 0.2) is 41.9 Å². The minimum absolute atomic E-state index is 0.721. The van der Waals surface area contributed by atoms with Crippen LogP contribution in [-0.2, 0) is 6.54 Å². The van der Waals surface area contributed by atoms with Gasteiger partial charge in [-0.2, -0.15) is 0 Å². The summed E-state index contributed by atoms with van der Waals surface area (Å²) >= 11 is 5.96. The van der Waals surface area contributed by atoms with E-state index >= 15 is 0 Å². The summed E-state index contributed by atoms with van der Waals surface area (Å²) < 4.78 is 0. The topological polar surface area (TPSA) is 27.6 Å². The molecule has 0 fully saturated rings. The van der Waals surface area contributed by atoms with Crippen LogP contribution in [0.4, 0.5) is 0 Å². The number of aliphatic imine (C=N–C) groups is 1. The van der Waals surface area contributed by atoms with Gasteiger partial charge in [0.05, 0.1) is 0 Å². The van der Waals surface area contributed by atoms with E-state index in [-0.39, 0.29) is 0 Å². The van der Waals surface area contributed by atoms with Crippen LogP contribution in [0.1, 0.15) is 18.4 Å². The number of nitrogens with zero attached hydrogens (tertiary/aromatic N) is 2. The van der Waals surface area contributed by atoms with Crippen molar-refractivity contribution < 1.29 is 0 Å². The Morgan fingerprint density at radius 1 is 1.53 bits per heavy atom. The highest BCUT2D eigenvalue weighted by Gasteiger charge is 2.04. The number of guanidine groups is 1. The minimum atomic E-state index is 0.721. The fraction of sp³-hybridized carbons (Fsp3) is 0.400. The van der Waals surface area contributed by atoms with E-state index in [1.54, 1.807) is 7.05 Å². The number of allylic oxidation sites excluding steroid dienone is 1. The third kappa shape index (κ3) is 5.79. The Hall–Kier alpha value is -1.48. The summed E-state index contributed by atoms with van der Waals surface area (Å²) in [7, 11) is 3.83. The van der Waals surface area contributed by atoms with Gasteiger partial charge in [0.2, 0.25) is 0 Å². The molecule has 4 heteroatoms. The van der Waals surface area contributed by atoms with Gasteiger partial charge in [-0.3, -0.25) is 4.99 Å². The molecule has 0 bridgehead atoms. The van der Waals surface area contributed by atoms with E-state index in [0.717, 1.165) is 42.5 Å². The van der Waals surface area contributed by atoms with Gasteiger partial charge in [-0.1, -0.05) is 29.8 Å². The van der Waals surface area contributed by atoms with E-state index in [2.05, 4.69) is 21.8 Å². The summed E-state index contributed by atoms with van der Waals surface area (Å²) in [5.41, 5.74) is 1.15. The predicted octanol–water partition coefficient (Wildman–Crippen LogP) is 3.31. The predicted molar refractivity (Wildman–Crippen MR) is 83.7 cm³/mol. The summed E-state index contributed by atoms with van der Waals surface area (Å²) in [5, 5.41) is 4.09. The number of hydrogen-bond donors (Lipinski definition) is 1. The molecule has 0 spiro atoms. The van der Waals surface area contributed by atoms with E-state index in [4.69, 9.17) is 11.6 Å². The molecule has 1 aromatic rings. The molecule has 1 rings (SSSR count). The van der Waals surface area contributed by atoms with Gasteiger partial charge in [-0.25, -0.2) is 0 Å². The van der Waals surface area contributed by atoms with Crippen molar-refractivity contribution in [2.24, 2.45) is 4.99 Å². The van der Waals surface area contributed by atoms with Crippen molar-refractivity contribution in [2.75, 3.05) is 20.6 Å². The smallest absolute Gasteiger partial charge is 0.193 e. The third-order valence-electron chi connectivity index (χ3n) is 2.81. The lowest BCUT2D eigenvalue weighted by Crippen LogP contribution is -2.38. The number of hydrogen-bond acceptors (Lipinski definition) is 1. The SMILES string of the molecule is C=CCCCN(C)C(=NC)NCc1cccc(Cl)c1. The molecule has 0 heterocycles. The van der Waals surface area contributed by atoms with Crippen molar-refractivity contribution in [3.05, 3.63) is 47.5 Å². The zero-order chi connectivity index (χ0) is 14.1. The van der Waals surface area contributed by atoms with E-state index in [1.165, 1.54) is 0 Å². The molecule has 0 saturated carbocycles. The maximum atomic E-state index is 5.96. The zero-order valence-electron chi connectivity index (χ0n) is 11.7. The summed E-state index contributed by atoms with van der Waals surface area (Å²) in [4.78, 5) is 6.40. The minimum Gasteiger partial charge on any atom is -0.352 e. The molecule has 0 aliphatic heterocycles. The molecule has 0 unspecified atom stereocenters. The van der Waals surface area contributed by atoms with Crippen molar-refractivity contribution in [3.8, 4) is 0 Å². The molecule has 0 amide bonds. The van der Waals surface area contributed by atoms with Crippen LogP contribution >= 0.6 is 11.6 Å². The maximum Gasteiger partial charge on any atom is 0.193 e. The van der Waals surface area contributed by atoms with Crippen molar-refractivity contribution in [1.82, 2.24) is 10.2 Å². The van der Waals surface area contributed by atoms with Gasteiger partial charge in [0.25, 0.3) is 0 Å². The first kappa shape index (κ1) is 15.6. The molecular formula is C15H22ClN3. The first-order valence-electron chi connectivity index (χ1n) is 6.44. The van der Waals surface area contributed by atoms with E-state index in [9.17, 15) is 0 Å². The number of unbranched alkanes of at least 4 members (excludes halogenated alkanes) is 1. The van der Waals surface area contributed by atoms with Gasteiger partial charge >= 0.3 is 0 Å². The average Bonchev–Trinajstić information content (AvgIpc) is 2.40. The third-order valence-corrected chi connectivity index (χ3v) is 3.05. The summed E-state index contributed by atoms with van der Waals surface area (Å²) in [6.45, 7) is 5.41. The normalized spacial score (nSPS) is 11.2. The maximum absolute atomic E-state index is 5.96. The van der Waals surface area contributed by atoms with Crippen LogP contribution < -0.4 is 5.32 Å². The Morgan fingerprint density at radius 3 is 2.95 bits per heavy atom. The van der Waals surface area contributed by atoms with Gasteiger partial charge in [-0.15, -0.1) is 6.58 Å². The van der Waals surface area contributed by atoms with Gasteiger partial charge < -0.3 is 10.2 Å².